The Labute approximate surface area is 101 Å². The van der Waals surface area contributed by atoms with E-state index in [0.717, 1.165) is 4.47 Å². The van der Waals surface area contributed by atoms with Gasteiger partial charge in [-0.1, -0.05) is 15.9 Å². The Bertz CT molecular complexity index is 506. The van der Waals surface area contributed by atoms with E-state index in [1.165, 1.54) is 6.07 Å². The summed E-state index contributed by atoms with van der Waals surface area (Å²) in [5.74, 6) is 0.292. The van der Waals surface area contributed by atoms with E-state index in [1.54, 1.807) is 24.7 Å². The number of aromatic nitrogens is 2. The van der Waals surface area contributed by atoms with Crippen LogP contribution in [-0.4, -0.2) is 9.78 Å². The van der Waals surface area contributed by atoms with E-state index in [4.69, 9.17) is 5.73 Å². The van der Waals surface area contributed by atoms with Crippen LogP contribution in [0.1, 0.15) is 5.56 Å². The Morgan fingerprint density at radius 1 is 1.38 bits per heavy atom. The van der Waals surface area contributed by atoms with Crippen LogP contribution in [0, 0.1) is 12.7 Å². The zero-order valence-electron chi connectivity index (χ0n) is 8.96. The number of anilines is 1. The number of nitrogen functional groups attached to an aromatic ring is 1. The van der Waals surface area contributed by atoms with Crippen molar-refractivity contribution in [2.45, 2.75) is 6.92 Å². The van der Waals surface area contributed by atoms with Gasteiger partial charge >= 0.3 is 0 Å². The molecular formula is C11H11BrFN3. The van der Waals surface area contributed by atoms with Gasteiger partial charge in [0.25, 0.3) is 0 Å². The lowest BCUT2D eigenvalue weighted by Gasteiger charge is -2.03. The average molecular weight is 284 g/mol. The molecule has 1 aromatic carbocycles. The molecule has 5 heteroatoms. The predicted octanol–water partition coefficient (Wildman–Crippen LogP) is 2.88. The van der Waals surface area contributed by atoms with Crippen molar-refractivity contribution in [2.75, 3.05) is 5.73 Å². The standard InChI is InChI=1S/C11H11BrFN3/c1-6-8(12)3-7(4-9(6)13)10-5-11(14)16(2)15-10/h3-5H,14H2,1-2H3. The Kier molecular flexibility index (Phi) is 2.71. The molecule has 0 fully saturated rings. The van der Waals surface area contributed by atoms with Gasteiger partial charge in [0, 0.05) is 23.2 Å². The minimum absolute atomic E-state index is 0.256. The molecule has 0 aliphatic heterocycles. The molecule has 16 heavy (non-hydrogen) atoms. The third kappa shape index (κ3) is 1.82. The minimum Gasteiger partial charge on any atom is -0.384 e. The van der Waals surface area contributed by atoms with Gasteiger partial charge in [0.05, 0.1) is 5.69 Å². The lowest BCUT2D eigenvalue weighted by atomic mass is 10.1. The molecule has 84 valence electrons. The van der Waals surface area contributed by atoms with Gasteiger partial charge in [-0.05, 0) is 24.6 Å². The van der Waals surface area contributed by atoms with Gasteiger partial charge in [0.1, 0.15) is 11.6 Å². The van der Waals surface area contributed by atoms with Gasteiger partial charge < -0.3 is 5.73 Å². The quantitative estimate of drug-likeness (QED) is 0.875. The van der Waals surface area contributed by atoms with E-state index in [9.17, 15) is 4.39 Å². The number of rotatable bonds is 1. The van der Waals surface area contributed by atoms with Crippen LogP contribution in [0.15, 0.2) is 22.7 Å². The lowest BCUT2D eigenvalue weighted by Crippen LogP contribution is -1.96. The highest BCUT2D eigenvalue weighted by atomic mass is 79.9. The molecule has 0 amide bonds. The van der Waals surface area contributed by atoms with E-state index in [-0.39, 0.29) is 5.82 Å². The first kappa shape index (κ1) is 11.1. The summed E-state index contributed by atoms with van der Waals surface area (Å²) in [6.45, 7) is 1.72. The number of hydrogen-bond acceptors (Lipinski definition) is 2. The highest BCUT2D eigenvalue weighted by Gasteiger charge is 2.09. The molecule has 0 saturated heterocycles. The SMILES string of the molecule is Cc1c(F)cc(-c2cc(N)n(C)n2)cc1Br. The first-order valence-corrected chi connectivity index (χ1v) is 5.54. The minimum atomic E-state index is -0.256. The summed E-state index contributed by atoms with van der Waals surface area (Å²) in [5.41, 5.74) is 7.65. The van der Waals surface area contributed by atoms with Crippen LogP contribution in [0.25, 0.3) is 11.3 Å². The molecule has 0 spiro atoms. The first-order valence-electron chi connectivity index (χ1n) is 4.74. The van der Waals surface area contributed by atoms with Crippen molar-refractivity contribution in [3.8, 4) is 11.3 Å². The van der Waals surface area contributed by atoms with Crippen LogP contribution in [0.3, 0.4) is 0 Å². The number of benzene rings is 1. The van der Waals surface area contributed by atoms with Gasteiger partial charge in [0.2, 0.25) is 0 Å². The van der Waals surface area contributed by atoms with Crippen molar-refractivity contribution < 1.29 is 4.39 Å². The molecule has 1 aromatic heterocycles. The Hall–Kier alpha value is -1.36. The molecule has 0 unspecified atom stereocenters. The van der Waals surface area contributed by atoms with E-state index in [0.29, 0.717) is 22.6 Å². The Balaban J connectivity index is 2.56. The summed E-state index contributed by atoms with van der Waals surface area (Å²) >= 11 is 3.31. The molecule has 3 nitrogen and oxygen atoms in total. The second-order valence-electron chi connectivity index (χ2n) is 3.64. The van der Waals surface area contributed by atoms with Crippen LogP contribution in [-0.2, 0) is 7.05 Å². The van der Waals surface area contributed by atoms with E-state index >= 15 is 0 Å². The highest BCUT2D eigenvalue weighted by Crippen LogP contribution is 2.27. The molecule has 0 aliphatic carbocycles. The van der Waals surface area contributed by atoms with Crippen LogP contribution < -0.4 is 5.73 Å². The monoisotopic (exact) mass is 283 g/mol. The summed E-state index contributed by atoms with van der Waals surface area (Å²) in [6.07, 6.45) is 0. The normalized spacial score (nSPS) is 10.8. The number of aryl methyl sites for hydroxylation is 1. The third-order valence-corrected chi connectivity index (χ3v) is 3.32. The molecule has 2 rings (SSSR count). The van der Waals surface area contributed by atoms with Crippen LogP contribution in [0.4, 0.5) is 10.2 Å². The number of halogens is 2. The van der Waals surface area contributed by atoms with Crippen molar-refractivity contribution in [2.24, 2.45) is 7.05 Å². The third-order valence-electron chi connectivity index (χ3n) is 2.49. The zero-order valence-corrected chi connectivity index (χ0v) is 10.5. The predicted molar refractivity (Wildman–Crippen MR) is 65.5 cm³/mol. The Morgan fingerprint density at radius 3 is 2.56 bits per heavy atom. The fourth-order valence-corrected chi connectivity index (χ4v) is 1.85. The number of nitrogens with two attached hydrogens (primary N) is 1. The summed E-state index contributed by atoms with van der Waals surface area (Å²) in [5, 5.41) is 4.20. The number of hydrogen-bond donors (Lipinski definition) is 1. The van der Waals surface area contributed by atoms with Crippen molar-refractivity contribution in [3.63, 3.8) is 0 Å². The van der Waals surface area contributed by atoms with Crippen molar-refractivity contribution in [1.82, 2.24) is 9.78 Å². The maximum Gasteiger partial charge on any atom is 0.127 e. The molecule has 0 bridgehead atoms. The second kappa shape index (κ2) is 3.90. The molecular weight excluding hydrogens is 273 g/mol. The lowest BCUT2D eigenvalue weighted by molar-refractivity contribution is 0.617. The maximum absolute atomic E-state index is 13.5. The van der Waals surface area contributed by atoms with Crippen molar-refractivity contribution in [1.29, 1.82) is 0 Å². The van der Waals surface area contributed by atoms with Crippen LogP contribution >= 0.6 is 15.9 Å². The molecule has 0 atom stereocenters. The summed E-state index contributed by atoms with van der Waals surface area (Å²) in [6, 6.07) is 5.01. The summed E-state index contributed by atoms with van der Waals surface area (Å²) in [4.78, 5) is 0. The van der Waals surface area contributed by atoms with E-state index < -0.39 is 0 Å². The molecule has 1 heterocycles. The van der Waals surface area contributed by atoms with Gasteiger partial charge in [-0.15, -0.1) is 0 Å². The van der Waals surface area contributed by atoms with E-state index in [1.807, 2.05) is 6.07 Å². The molecule has 0 saturated carbocycles. The van der Waals surface area contributed by atoms with Gasteiger partial charge in [0.15, 0.2) is 0 Å². The zero-order chi connectivity index (χ0) is 11.9. The smallest absolute Gasteiger partial charge is 0.127 e. The first-order chi connectivity index (χ1) is 7.49. The number of nitrogens with zero attached hydrogens (tertiary/aromatic N) is 2. The van der Waals surface area contributed by atoms with Gasteiger partial charge in [-0.3, -0.25) is 4.68 Å². The second-order valence-corrected chi connectivity index (χ2v) is 4.50. The van der Waals surface area contributed by atoms with Crippen LogP contribution in [0.5, 0.6) is 0 Å². The fraction of sp³-hybridized carbons (Fsp3) is 0.182. The van der Waals surface area contributed by atoms with Gasteiger partial charge in [-0.25, -0.2) is 4.39 Å². The van der Waals surface area contributed by atoms with Crippen molar-refractivity contribution >= 4 is 21.7 Å². The fourth-order valence-electron chi connectivity index (χ4n) is 1.42. The maximum atomic E-state index is 13.5. The summed E-state index contributed by atoms with van der Waals surface area (Å²) < 4.78 is 15.8. The molecule has 0 aliphatic rings. The largest absolute Gasteiger partial charge is 0.384 e. The highest BCUT2D eigenvalue weighted by molar-refractivity contribution is 9.10. The summed E-state index contributed by atoms with van der Waals surface area (Å²) in [7, 11) is 1.75. The molecule has 2 aromatic rings. The van der Waals surface area contributed by atoms with Crippen LogP contribution in [0.2, 0.25) is 0 Å². The topological polar surface area (TPSA) is 43.8 Å². The Morgan fingerprint density at radius 2 is 2.06 bits per heavy atom. The molecule has 2 N–H and O–H groups in total. The van der Waals surface area contributed by atoms with E-state index in [2.05, 4.69) is 21.0 Å². The average Bonchev–Trinajstić information content (AvgIpc) is 2.55. The van der Waals surface area contributed by atoms with Crippen molar-refractivity contribution in [3.05, 3.63) is 34.1 Å². The van der Waals surface area contributed by atoms with Gasteiger partial charge in [-0.2, -0.15) is 5.10 Å². The molecule has 0 radical (unpaired) electrons.